The van der Waals surface area contributed by atoms with E-state index < -0.39 is 23.8 Å². The van der Waals surface area contributed by atoms with Gasteiger partial charge in [-0.3, -0.25) is 34.1 Å². The molecule has 0 aliphatic carbocycles. The van der Waals surface area contributed by atoms with Crippen LogP contribution in [0.5, 0.6) is 0 Å². The molecule has 2 aliphatic heterocycles. The number of aromatic nitrogens is 2. The fourth-order valence-corrected chi connectivity index (χ4v) is 5.03. The van der Waals surface area contributed by atoms with E-state index in [1.165, 1.54) is 11.1 Å². The van der Waals surface area contributed by atoms with Crippen LogP contribution in [0.3, 0.4) is 0 Å². The van der Waals surface area contributed by atoms with Crippen molar-refractivity contribution in [1.82, 2.24) is 20.0 Å². The average Bonchev–Trinajstić information content (AvgIpc) is 3.47. The van der Waals surface area contributed by atoms with Crippen LogP contribution in [0.2, 0.25) is 0 Å². The van der Waals surface area contributed by atoms with Crippen molar-refractivity contribution in [3.8, 4) is 11.1 Å². The fraction of sp³-hybridized carbons (Fsp3) is 0.345. The third kappa shape index (κ3) is 5.37. The van der Waals surface area contributed by atoms with Gasteiger partial charge >= 0.3 is 0 Å². The van der Waals surface area contributed by atoms with Crippen LogP contribution in [0.1, 0.15) is 64.8 Å². The van der Waals surface area contributed by atoms with Crippen LogP contribution in [0.25, 0.3) is 11.1 Å². The summed E-state index contributed by atoms with van der Waals surface area (Å²) < 4.78 is 2.00. The van der Waals surface area contributed by atoms with Crippen LogP contribution >= 0.6 is 0 Å². The molecular formula is C29H31N5O4. The van der Waals surface area contributed by atoms with Gasteiger partial charge in [0.15, 0.2) is 0 Å². The minimum atomic E-state index is -0.952. The van der Waals surface area contributed by atoms with Gasteiger partial charge in [0.2, 0.25) is 11.8 Å². The van der Waals surface area contributed by atoms with E-state index in [4.69, 9.17) is 0 Å². The summed E-state index contributed by atoms with van der Waals surface area (Å²) in [4.78, 5) is 50.4. The van der Waals surface area contributed by atoms with Gasteiger partial charge in [0, 0.05) is 37.0 Å². The molecule has 2 aromatic carbocycles. The first-order chi connectivity index (χ1) is 18.4. The SMILES string of the molecule is Cc1cccc(-c2cnn(CCCCCCNc3ccc4c(c3)C(=O)N(C3CCC(=O)NC3=O)C4=O)c2)c1. The molecule has 1 saturated heterocycles. The van der Waals surface area contributed by atoms with Gasteiger partial charge in [-0.1, -0.05) is 42.7 Å². The number of carbonyl (C=O) groups excluding carboxylic acids is 4. The summed E-state index contributed by atoms with van der Waals surface area (Å²) in [6.45, 7) is 3.71. The summed E-state index contributed by atoms with van der Waals surface area (Å²) >= 11 is 0. The summed E-state index contributed by atoms with van der Waals surface area (Å²) in [6.07, 6.45) is 8.42. The monoisotopic (exact) mass is 513 g/mol. The molecule has 2 N–H and O–H groups in total. The Morgan fingerprint density at radius 2 is 1.76 bits per heavy atom. The Labute approximate surface area is 221 Å². The van der Waals surface area contributed by atoms with Crippen molar-refractivity contribution >= 4 is 29.3 Å². The van der Waals surface area contributed by atoms with E-state index in [9.17, 15) is 19.2 Å². The first-order valence-corrected chi connectivity index (χ1v) is 13.1. The largest absolute Gasteiger partial charge is 0.385 e. The van der Waals surface area contributed by atoms with E-state index in [1.54, 1.807) is 18.2 Å². The highest BCUT2D eigenvalue weighted by Crippen LogP contribution is 2.29. The molecule has 0 bridgehead atoms. The Morgan fingerprint density at radius 1 is 0.947 bits per heavy atom. The lowest BCUT2D eigenvalue weighted by atomic mass is 10.0. The van der Waals surface area contributed by atoms with Crippen LogP contribution in [0.15, 0.2) is 54.9 Å². The molecule has 1 aromatic heterocycles. The molecule has 38 heavy (non-hydrogen) atoms. The Kier molecular flexibility index (Phi) is 7.35. The number of imide groups is 2. The second-order valence-electron chi connectivity index (χ2n) is 9.91. The van der Waals surface area contributed by atoms with E-state index in [0.29, 0.717) is 0 Å². The molecule has 196 valence electrons. The van der Waals surface area contributed by atoms with Gasteiger partial charge < -0.3 is 5.32 Å². The predicted molar refractivity (Wildman–Crippen MR) is 142 cm³/mol. The molecule has 5 rings (SSSR count). The first kappa shape index (κ1) is 25.4. The number of nitrogens with one attached hydrogen (secondary N) is 2. The molecule has 1 fully saturated rings. The maximum Gasteiger partial charge on any atom is 0.262 e. The molecular weight excluding hydrogens is 482 g/mol. The van der Waals surface area contributed by atoms with Crippen molar-refractivity contribution in [2.24, 2.45) is 0 Å². The highest BCUT2D eigenvalue weighted by molar-refractivity contribution is 6.23. The van der Waals surface area contributed by atoms with Crippen LogP contribution in [-0.2, 0) is 16.1 Å². The number of rotatable bonds is 10. The van der Waals surface area contributed by atoms with Crippen LogP contribution < -0.4 is 10.6 Å². The van der Waals surface area contributed by atoms with Crippen LogP contribution in [-0.4, -0.2) is 50.9 Å². The van der Waals surface area contributed by atoms with E-state index in [2.05, 4.69) is 53.1 Å². The van der Waals surface area contributed by atoms with Gasteiger partial charge in [-0.2, -0.15) is 5.10 Å². The Morgan fingerprint density at radius 3 is 2.58 bits per heavy atom. The molecule has 9 nitrogen and oxygen atoms in total. The zero-order valence-corrected chi connectivity index (χ0v) is 21.4. The third-order valence-corrected chi connectivity index (χ3v) is 7.07. The zero-order valence-electron chi connectivity index (χ0n) is 21.4. The standard InChI is InChI=1S/C29H31N5O4/c1-19-7-6-8-20(15-19)21-17-31-33(18-21)14-5-3-2-4-13-30-22-9-10-23-24(16-22)29(38)34(28(23)37)25-11-12-26(35)32-27(25)36/h6-10,15-18,25,30H,2-5,11-14H2,1H3,(H,32,35,36). The van der Waals surface area contributed by atoms with Gasteiger partial charge in [-0.15, -0.1) is 0 Å². The number of aryl methyl sites for hydroxylation is 2. The van der Waals surface area contributed by atoms with Crippen molar-refractivity contribution in [3.05, 3.63) is 71.5 Å². The van der Waals surface area contributed by atoms with Gasteiger partial charge in [0.25, 0.3) is 11.8 Å². The molecule has 3 aromatic rings. The molecule has 0 radical (unpaired) electrons. The van der Waals surface area contributed by atoms with E-state index in [1.807, 2.05) is 10.9 Å². The molecule has 0 spiro atoms. The number of piperidine rings is 1. The number of hydrogen-bond donors (Lipinski definition) is 2. The summed E-state index contributed by atoms with van der Waals surface area (Å²) in [6, 6.07) is 12.5. The van der Waals surface area contributed by atoms with Gasteiger partial charge in [0.1, 0.15) is 6.04 Å². The Balaban J connectivity index is 1.05. The summed E-state index contributed by atoms with van der Waals surface area (Å²) in [5.74, 6) is -1.97. The number of unbranched alkanes of at least 4 members (excludes halogenated alkanes) is 3. The number of fused-ring (bicyclic) bond motifs is 1. The van der Waals surface area contributed by atoms with Crippen molar-refractivity contribution in [3.63, 3.8) is 0 Å². The second-order valence-corrected chi connectivity index (χ2v) is 9.91. The molecule has 0 saturated carbocycles. The lowest BCUT2D eigenvalue weighted by molar-refractivity contribution is -0.136. The van der Waals surface area contributed by atoms with Crippen molar-refractivity contribution < 1.29 is 19.2 Å². The van der Waals surface area contributed by atoms with Gasteiger partial charge in [-0.25, -0.2) is 0 Å². The number of benzene rings is 2. The Bertz CT molecular complexity index is 1400. The summed E-state index contributed by atoms with van der Waals surface area (Å²) in [7, 11) is 0. The number of nitrogens with zero attached hydrogens (tertiary/aromatic N) is 3. The first-order valence-electron chi connectivity index (χ1n) is 13.1. The molecule has 9 heteroatoms. The average molecular weight is 514 g/mol. The lowest BCUT2D eigenvalue weighted by Gasteiger charge is -2.27. The zero-order chi connectivity index (χ0) is 26.6. The molecule has 1 unspecified atom stereocenters. The number of carbonyl (C=O) groups is 4. The summed E-state index contributed by atoms with van der Waals surface area (Å²) in [5, 5.41) is 10.0. The van der Waals surface area contributed by atoms with Gasteiger partial charge in [-0.05, 0) is 49.9 Å². The van der Waals surface area contributed by atoms with E-state index in [-0.39, 0.29) is 29.9 Å². The highest BCUT2D eigenvalue weighted by Gasteiger charge is 2.44. The highest BCUT2D eigenvalue weighted by atomic mass is 16.2. The van der Waals surface area contributed by atoms with Crippen molar-refractivity contribution in [1.29, 1.82) is 0 Å². The number of amides is 4. The molecule has 1 atom stereocenters. The maximum absolute atomic E-state index is 13.0. The maximum atomic E-state index is 13.0. The summed E-state index contributed by atoms with van der Waals surface area (Å²) in [5.41, 5.74) is 4.88. The smallest absolute Gasteiger partial charge is 0.262 e. The minimum absolute atomic E-state index is 0.104. The predicted octanol–water partition coefficient (Wildman–Crippen LogP) is 3.93. The number of anilines is 1. The lowest BCUT2D eigenvalue weighted by Crippen LogP contribution is -2.54. The topological polar surface area (TPSA) is 113 Å². The molecule has 3 heterocycles. The normalized spacial score (nSPS) is 17.1. The third-order valence-electron chi connectivity index (χ3n) is 7.07. The van der Waals surface area contributed by atoms with Crippen molar-refractivity contribution in [2.75, 3.05) is 11.9 Å². The quantitative estimate of drug-likeness (QED) is 0.314. The van der Waals surface area contributed by atoms with Crippen LogP contribution in [0.4, 0.5) is 5.69 Å². The van der Waals surface area contributed by atoms with Crippen LogP contribution in [0, 0.1) is 6.92 Å². The fourth-order valence-electron chi connectivity index (χ4n) is 5.03. The Hall–Kier alpha value is -4.27. The van der Waals surface area contributed by atoms with E-state index in [0.717, 1.165) is 54.9 Å². The second kappa shape index (κ2) is 11.0. The van der Waals surface area contributed by atoms with Crippen molar-refractivity contribution in [2.45, 2.75) is 58.0 Å². The number of hydrogen-bond acceptors (Lipinski definition) is 6. The van der Waals surface area contributed by atoms with Gasteiger partial charge in [0.05, 0.1) is 17.3 Å². The van der Waals surface area contributed by atoms with E-state index >= 15 is 0 Å². The molecule has 2 aliphatic rings. The molecule has 4 amide bonds. The minimum Gasteiger partial charge on any atom is -0.385 e.